The molecule has 1 atom stereocenters. The molecular formula is C24H29ClNP. The third kappa shape index (κ3) is 4.99. The fourth-order valence-corrected chi connectivity index (χ4v) is 7.68. The molecule has 0 fully saturated rings. The highest BCUT2D eigenvalue weighted by molar-refractivity contribution is 7.95. The number of hydrogen-bond donors (Lipinski definition) is 1. The number of nitrogens with one attached hydrogen (secondary N) is 1. The van der Waals surface area contributed by atoms with Crippen LogP contribution < -0.4 is 33.6 Å². The first-order valence-electron chi connectivity index (χ1n) is 9.55. The summed E-state index contributed by atoms with van der Waals surface area (Å²) in [6.45, 7) is 5.54. The first-order valence-corrected chi connectivity index (χ1v) is 11.5. The van der Waals surface area contributed by atoms with Crippen molar-refractivity contribution in [1.82, 2.24) is 5.32 Å². The van der Waals surface area contributed by atoms with Crippen LogP contribution >= 0.6 is 7.26 Å². The van der Waals surface area contributed by atoms with Crippen LogP contribution in [0.15, 0.2) is 91.0 Å². The zero-order valence-corrected chi connectivity index (χ0v) is 17.8. The first kappa shape index (κ1) is 21.6. The Labute approximate surface area is 171 Å². The molecule has 0 radical (unpaired) electrons. The van der Waals surface area contributed by atoms with Crippen molar-refractivity contribution in [3.8, 4) is 0 Å². The Balaban J connectivity index is 0.00000261. The quantitative estimate of drug-likeness (QED) is 0.566. The lowest BCUT2D eigenvalue weighted by molar-refractivity contribution is -0.00000534. The van der Waals surface area contributed by atoms with E-state index in [-0.39, 0.29) is 12.4 Å². The summed E-state index contributed by atoms with van der Waals surface area (Å²) in [5, 5.41) is 8.11. The van der Waals surface area contributed by atoms with Crippen molar-refractivity contribution < 1.29 is 12.4 Å². The molecule has 1 N–H and O–H groups in total. The lowest BCUT2D eigenvalue weighted by Gasteiger charge is -2.28. The zero-order valence-electron chi connectivity index (χ0n) is 16.2. The predicted octanol–water partition coefficient (Wildman–Crippen LogP) is 1.37. The summed E-state index contributed by atoms with van der Waals surface area (Å²) >= 11 is 0. The van der Waals surface area contributed by atoms with Gasteiger partial charge in [0.05, 0.1) is 6.16 Å². The van der Waals surface area contributed by atoms with E-state index in [1.807, 2.05) is 0 Å². The second-order valence-corrected chi connectivity index (χ2v) is 10.4. The molecule has 1 unspecified atom stereocenters. The summed E-state index contributed by atoms with van der Waals surface area (Å²) in [7, 11) is -1.68. The third-order valence-corrected chi connectivity index (χ3v) is 9.58. The van der Waals surface area contributed by atoms with E-state index in [1.165, 1.54) is 15.9 Å². The molecule has 0 aliphatic heterocycles. The molecule has 3 heteroatoms. The van der Waals surface area contributed by atoms with Crippen molar-refractivity contribution in [1.29, 1.82) is 0 Å². The fourth-order valence-electron chi connectivity index (χ4n) is 3.50. The van der Waals surface area contributed by atoms with Crippen LogP contribution in [0.1, 0.15) is 20.3 Å². The van der Waals surface area contributed by atoms with Crippen LogP contribution in [-0.4, -0.2) is 18.7 Å². The molecule has 1 nitrogen and oxygen atoms in total. The van der Waals surface area contributed by atoms with Crippen LogP contribution in [0.3, 0.4) is 0 Å². The molecule has 3 aromatic carbocycles. The van der Waals surface area contributed by atoms with Crippen molar-refractivity contribution in [2.24, 2.45) is 0 Å². The summed E-state index contributed by atoms with van der Waals surface area (Å²) in [4.78, 5) is 0. The summed E-state index contributed by atoms with van der Waals surface area (Å²) in [5.74, 6) is 0. The smallest absolute Gasteiger partial charge is 0.113 e. The summed E-state index contributed by atoms with van der Waals surface area (Å²) in [5.41, 5.74) is 0. The molecule has 0 saturated heterocycles. The number of halogens is 1. The Morgan fingerprint density at radius 1 is 0.704 bits per heavy atom. The van der Waals surface area contributed by atoms with Gasteiger partial charge in [0.25, 0.3) is 0 Å². The lowest BCUT2D eigenvalue weighted by atomic mass is 10.3. The predicted molar refractivity (Wildman–Crippen MR) is 118 cm³/mol. The van der Waals surface area contributed by atoms with Crippen LogP contribution in [0.2, 0.25) is 0 Å². The average Bonchev–Trinajstić information content (AvgIpc) is 2.73. The second-order valence-electron chi connectivity index (χ2n) is 6.80. The molecular weight excluding hydrogens is 369 g/mol. The van der Waals surface area contributed by atoms with E-state index in [0.29, 0.717) is 6.04 Å². The zero-order chi connectivity index (χ0) is 18.2. The van der Waals surface area contributed by atoms with Gasteiger partial charge in [-0.3, -0.25) is 0 Å². The van der Waals surface area contributed by atoms with Gasteiger partial charge in [0.2, 0.25) is 0 Å². The third-order valence-electron chi connectivity index (χ3n) is 5.14. The Bertz CT molecular complexity index is 681. The molecule has 27 heavy (non-hydrogen) atoms. The average molecular weight is 398 g/mol. The molecule has 0 amide bonds. The Kier molecular flexibility index (Phi) is 8.51. The maximum absolute atomic E-state index is 3.72. The minimum Gasteiger partial charge on any atom is -1.00 e. The number of rotatable bonds is 8. The Morgan fingerprint density at radius 2 is 1.07 bits per heavy atom. The highest BCUT2D eigenvalue weighted by atomic mass is 35.5. The van der Waals surface area contributed by atoms with Crippen molar-refractivity contribution >= 4 is 23.2 Å². The summed E-state index contributed by atoms with van der Waals surface area (Å²) in [6.07, 6.45) is 2.29. The van der Waals surface area contributed by atoms with E-state index >= 15 is 0 Å². The van der Waals surface area contributed by atoms with Gasteiger partial charge in [0, 0.05) is 12.6 Å². The maximum atomic E-state index is 3.72. The van der Waals surface area contributed by atoms with Crippen LogP contribution in [0.5, 0.6) is 0 Å². The van der Waals surface area contributed by atoms with Gasteiger partial charge in [-0.05, 0) is 49.7 Å². The molecule has 3 rings (SSSR count). The van der Waals surface area contributed by atoms with Gasteiger partial charge in [-0.1, -0.05) is 61.5 Å². The largest absolute Gasteiger partial charge is 1.00 e. The molecule has 142 valence electrons. The number of benzene rings is 3. The van der Waals surface area contributed by atoms with Gasteiger partial charge >= 0.3 is 0 Å². The van der Waals surface area contributed by atoms with Gasteiger partial charge in [-0.25, -0.2) is 0 Å². The molecule has 0 bridgehead atoms. The topological polar surface area (TPSA) is 12.0 Å². The van der Waals surface area contributed by atoms with Gasteiger partial charge in [-0.15, -0.1) is 0 Å². The van der Waals surface area contributed by atoms with E-state index in [9.17, 15) is 0 Å². The summed E-state index contributed by atoms with van der Waals surface area (Å²) in [6, 6.07) is 33.9. The molecule has 3 aromatic rings. The Hall–Kier alpha value is -1.66. The monoisotopic (exact) mass is 397 g/mol. The molecule has 0 aromatic heterocycles. The second kappa shape index (κ2) is 10.6. The maximum Gasteiger partial charge on any atom is 0.113 e. The van der Waals surface area contributed by atoms with Crippen LogP contribution in [0.4, 0.5) is 0 Å². The lowest BCUT2D eigenvalue weighted by Crippen LogP contribution is -3.00. The van der Waals surface area contributed by atoms with E-state index < -0.39 is 7.26 Å². The van der Waals surface area contributed by atoms with Crippen molar-refractivity contribution in [2.75, 3.05) is 12.7 Å². The van der Waals surface area contributed by atoms with E-state index in [4.69, 9.17) is 0 Å². The molecule has 0 aliphatic rings. The van der Waals surface area contributed by atoms with E-state index in [2.05, 4.69) is 110 Å². The van der Waals surface area contributed by atoms with E-state index in [0.717, 1.165) is 19.1 Å². The highest BCUT2D eigenvalue weighted by Crippen LogP contribution is 2.54. The highest BCUT2D eigenvalue weighted by Gasteiger charge is 2.44. The Morgan fingerprint density at radius 3 is 1.41 bits per heavy atom. The summed E-state index contributed by atoms with van der Waals surface area (Å²) < 4.78 is 0. The first-order chi connectivity index (χ1) is 12.8. The van der Waals surface area contributed by atoms with Crippen molar-refractivity contribution in [3.05, 3.63) is 91.0 Å². The van der Waals surface area contributed by atoms with Crippen molar-refractivity contribution in [3.63, 3.8) is 0 Å². The van der Waals surface area contributed by atoms with Crippen LogP contribution in [0.25, 0.3) is 0 Å². The van der Waals surface area contributed by atoms with E-state index in [1.54, 1.807) is 0 Å². The number of hydrogen-bond acceptors (Lipinski definition) is 1. The minimum absolute atomic E-state index is 0. The van der Waals surface area contributed by atoms with Gasteiger partial charge in [0.1, 0.15) is 23.2 Å². The van der Waals surface area contributed by atoms with Gasteiger partial charge < -0.3 is 17.7 Å². The molecule has 0 aliphatic carbocycles. The molecule has 0 heterocycles. The van der Waals surface area contributed by atoms with Gasteiger partial charge in [-0.2, -0.15) is 0 Å². The molecule has 0 saturated carbocycles. The van der Waals surface area contributed by atoms with Crippen molar-refractivity contribution in [2.45, 2.75) is 26.3 Å². The van der Waals surface area contributed by atoms with Crippen LogP contribution in [0, 0.1) is 0 Å². The molecule has 0 spiro atoms. The SMILES string of the molecule is CCC(C)NCC[P+](c1ccccc1)(c1ccccc1)c1ccccc1.[Cl-]. The fraction of sp³-hybridized carbons (Fsp3) is 0.250. The standard InChI is InChI=1S/C24H29NP.ClH/c1-3-21(2)25-19-20-26(22-13-7-4-8-14-22,23-15-9-5-10-16-23)24-17-11-6-12-18-24;/h4-18,21,25H,3,19-20H2,1-2H3;1H/q+1;/p-1. The van der Waals surface area contributed by atoms with Gasteiger partial charge in [0.15, 0.2) is 0 Å². The van der Waals surface area contributed by atoms with Crippen LogP contribution in [-0.2, 0) is 0 Å². The normalized spacial score (nSPS) is 12.2. The minimum atomic E-state index is -1.68.